The van der Waals surface area contributed by atoms with Crippen molar-refractivity contribution in [2.24, 2.45) is 11.8 Å². The molecule has 0 aliphatic heterocycles. The van der Waals surface area contributed by atoms with E-state index >= 15 is 0 Å². The Hall–Kier alpha value is -0.570. The van der Waals surface area contributed by atoms with Gasteiger partial charge in [-0.15, -0.1) is 0 Å². The number of nitrogens with one attached hydrogen (secondary N) is 2. The number of amides is 1. The normalized spacial score (nSPS) is 25.0. The molecule has 1 aliphatic carbocycles. The van der Waals surface area contributed by atoms with Gasteiger partial charge in [-0.25, -0.2) is 0 Å². The Morgan fingerprint density at radius 3 is 2.75 bits per heavy atom. The second-order valence-corrected chi connectivity index (χ2v) is 5.32. The molecule has 0 bridgehead atoms. The van der Waals surface area contributed by atoms with Crippen molar-refractivity contribution in [3.05, 3.63) is 0 Å². The molecule has 0 saturated heterocycles. The number of carbonyl (C=O) groups is 1. The van der Waals surface area contributed by atoms with E-state index in [1.165, 1.54) is 32.1 Å². The first kappa shape index (κ1) is 13.5. The summed E-state index contributed by atoms with van der Waals surface area (Å²) >= 11 is 0. The summed E-state index contributed by atoms with van der Waals surface area (Å²) in [6.07, 6.45) is 6.50. The standard InChI is InChI=1S/C13H26N2O/c1-10(2)7-8-11-5-4-6-12(11)15-9-13(16)14-3/h10-12,15H,4-9H2,1-3H3,(H,14,16). The third-order valence-electron chi connectivity index (χ3n) is 3.58. The Bertz CT molecular complexity index is 216. The molecular formula is C13H26N2O. The van der Waals surface area contributed by atoms with Crippen LogP contribution in [-0.2, 0) is 4.79 Å². The quantitative estimate of drug-likeness (QED) is 0.726. The van der Waals surface area contributed by atoms with E-state index < -0.39 is 0 Å². The number of hydrogen-bond donors (Lipinski definition) is 2. The predicted octanol–water partition coefficient (Wildman–Crippen LogP) is 1.93. The fraction of sp³-hybridized carbons (Fsp3) is 0.923. The molecule has 2 unspecified atom stereocenters. The van der Waals surface area contributed by atoms with E-state index in [1.54, 1.807) is 7.05 Å². The van der Waals surface area contributed by atoms with Crippen LogP contribution in [0.3, 0.4) is 0 Å². The molecule has 1 saturated carbocycles. The maximum absolute atomic E-state index is 11.2. The lowest BCUT2D eigenvalue weighted by Gasteiger charge is -2.21. The van der Waals surface area contributed by atoms with Gasteiger partial charge in [-0.3, -0.25) is 4.79 Å². The molecule has 1 rings (SSSR count). The minimum Gasteiger partial charge on any atom is -0.358 e. The van der Waals surface area contributed by atoms with Gasteiger partial charge in [0.05, 0.1) is 6.54 Å². The fourth-order valence-electron chi connectivity index (χ4n) is 2.51. The predicted molar refractivity (Wildman–Crippen MR) is 67.3 cm³/mol. The van der Waals surface area contributed by atoms with Gasteiger partial charge in [0.1, 0.15) is 0 Å². The average molecular weight is 226 g/mol. The second kappa shape index (κ2) is 6.89. The third-order valence-corrected chi connectivity index (χ3v) is 3.58. The number of rotatable bonds is 6. The van der Waals surface area contributed by atoms with Crippen LogP contribution in [0.4, 0.5) is 0 Å². The summed E-state index contributed by atoms with van der Waals surface area (Å²) in [6.45, 7) is 5.03. The monoisotopic (exact) mass is 226 g/mol. The van der Waals surface area contributed by atoms with Crippen molar-refractivity contribution in [1.29, 1.82) is 0 Å². The Kier molecular flexibility index (Phi) is 5.81. The summed E-state index contributed by atoms with van der Waals surface area (Å²) in [7, 11) is 1.69. The smallest absolute Gasteiger partial charge is 0.233 e. The SMILES string of the molecule is CNC(=O)CNC1CCCC1CCC(C)C. The highest BCUT2D eigenvalue weighted by molar-refractivity contribution is 5.77. The van der Waals surface area contributed by atoms with Gasteiger partial charge < -0.3 is 10.6 Å². The summed E-state index contributed by atoms with van der Waals surface area (Å²) in [4.78, 5) is 11.2. The van der Waals surface area contributed by atoms with Crippen LogP contribution in [0.5, 0.6) is 0 Å². The van der Waals surface area contributed by atoms with E-state index in [9.17, 15) is 4.79 Å². The Morgan fingerprint density at radius 2 is 2.12 bits per heavy atom. The van der Waals surface area contributed by atoms with E-state index in [0.717, 1.165) is 11.8 Å². The molecular weight excluding hydrogens is 200 g/mol. The highest BCUT2D eigenvalue weighted by atomic mass is 16.1. The molecule has 3 heteroatoms. The molecule has 1 amide bonds. The van der Waals surface area contributed by atoms with Crippen LogP contribution in [0, 0.1) is 11.8 Å². The van der Waals surface area contributed by atoms with Gasteiger partial charge >= 0.3 is 0 Å². The molecule has 16 heavy (non-hydrogen) atoms. The largest absolute Gasteiger partial charge is 0.358 e. The molecule has 0 spiro atoms. The highest BCUT2D eigenvalue weighted by Gasteiger charge is 2.26. The van der Waals surface area contributed by atoms with Crippen LogP contribution in [0.2, 0.25) is 0 Å². The number of likely N-dealkylation sites (N-methyl/N-ethyl adjacent to an activating group) is 1. The molecule has 0 heterocycles. The summed E-state index contributed by atoms with van der Waals surface area (Å²) in [5.41, 5.74) is 0. The lowest BCUT2D eigenvalue weighted by atomic mass is 9.94. The van der Waals surface area contributed by atoms with Gasteiger partial charge in [0.25, 0.3) is 0 Å². The molecule has 1 fully saturated rings. The van der Waals surface area contributed by atoms with Crippen molar-refractivity contribution >= 4 is 5.91 Å². The molecule has 0 aromatic carbocycles. The topological polar surface area (TPSA) is 41.1 Å². The van der Waals surface area contributed by atoms with Gasteiger partial charge in [0.15, 0.2) is 0 Å². The lowest BCUT2D eigenvalue weighted by molar-refractivity contribution is -0.119. The Morgan fingerprint density at radius 1 is 1.38 bits per heavy atom. The van der Waals surface area contributed by atoms with E-state index in [4.69, 9.17) is 0 Å². The highest BCUT2D eigenvalue weighted by Crippen LogP contribution is 2.30. The lowest BCUT2D eigenvalue weighted by Crippen LogP contribution is -2.39. The zero-order valence-electron chi connectivity index (χ0n) is 10.9. The van der Waals surface area contributed by atoms with Crippen LogP contribution in [0.15, 0.2) is 0 Å². The molecule has 0 aromatic rings. The molecule has 94 valence electrons. The molecule has 2 N–H and O–H groups in total. The molecule has 1 aliphatic rings. The van der Waals surface area contributed by atoms with E-state index in [1.807, 2.05) is 0 Å². The van der Waals surface area contributed by atoms with Gasteiger partial charge in [0, 0.05) is 13.1 Å². The number of carbonyl (C=O) groups excluding carboxylic acids is 1. The molecule has 2 atom stereocenters. The minimum absolute atomic E-state index is 0.0921. The van der Waals surface area contributed by atoms with Crippen molar-refractivity contribution in [1.82, 2.24) is 10.6 Å². The second-order valence-electron chi connectivity index (χ2n) is 5.32. The minimum atomic E-state index is 0.0921. The van der Waals surface area contributed by atoms with Crippen LogP contribution in [0.1, 0.15) is 46.0 Å². The number of hydrogen-bond acceptors (Lipinski definition) is 2. The van der Waals surface area contributed by atoms with Crippen molar-refractivity contribution in [2.75, 3.05) is 13.6 Å². The molecule has 0 radical (unpaired) electrons. The molecule has 3 nitrogen and oxygen atoms in total. The van der Waals surface area contributed by atoms with Gasteiger partial charge in [-0.1, -0.05) is 26.7 Å². The Balaban J connectivity index is 2.26. The van der Waals surface area contributed by atoms with E-state index in [-0.39, 0.29) is 5.91 Å². The maximum atomic E-state index is 11.2. The first-order valence-electron chi connectivity index (χ1n) is 6.57. The summed E-state index contributed by atoms with van der Waals surface area (Å²) in [5.74, 6) is 1.67. The summed E-state index contributed by atoms with van der Waals surface area (Å²) in [6, 6.07) is 0.566. The Labute approximate surface area is 99.4 Å². The van der Waals surface area contributed by atoms with E-state index in [0.29, 0.717) is 12.6 Å². The third kappa shape index (κ3) is 4.52. The van der Waals surface area contributed by atoms with Crippen LogP contribution >= 0.6 is 0 Å². The van der Waals surface area contributed by atoms with Gasteiger partial charge in [-0.05, 0) is 31.1 Å². The molecule has 0 aromatic heterocycles. The van der Waals surface area contributed by atoms with Crippen molar-refractivity contribution in [3.63, 3.8) is 0 Å². The first-order chi connectivity index (χ1) is 7.63. The van der Waals surface area contributed by atoms with Crippen LogP contribution in [-0.4, -0.2) is 25.5 Å². The van der Waals surface area contributed by atoms with Crippen molar-refractivity contribution in [2.45, 2.75) is 52.0 Å². The van der Waals surface area contributed by atoms with Crippen LogP contribution < -0.4 is 10.6 Å². The van der Waals surface area contributed by atoms with Gasteiger partial charge in [0.2, 0.25) is 5.91 Å². The van der Waals surface area contributed by atoms with Crippen molar-refractivity contribution < 1.29 is 4.79 Å². The fourth-order valence-corrected chi connectivity index (χ4v) is 2.51. The maximum Gasteiger partial charge on any atom is 0.233 e. The van der Waals surface area contributed by atoms with Gasteiger partial charge in [-0.2, -0.15) is 0 Å². The zero-order valence-corrected chi connectivity index (χ0v) is 10.9. The van der Waals surface area contributed by atoms with Crippen LogP contribution in [0.25, 0.3) is 0 Å². The summed E-state index contributed by atoms with van der Waals surface area (Å²) < 4.78 is 0. The summed E-state index contributed by atoms with van der Waals surface area (Å²) in [5, 5.41) is 6.05. The zero-order chi connectivity index (χ0) is 12.0. The average Bonchev–Trinajstić information content (AvgIpc) is 2.70. The first-order valence-corrected chi connectivity index (χ1v) is 6.57. The van der Waals surface area contributed by atoms with E-state index in [2.05, 4.69) is 24.5 Å². The van der Waals surface area contributed by atoms with Crippen molar-refractivity contribution in [3.8, 4) is 0 Å².